The molecule has 3 nitrogen and oxygen atoms in total. The minimum atomic E-state index is 0.282. The molecule has 0 spiro atoms. The second kappa shape index (κ2) is 9.14. The second-order valence-corrected chi connectivity index (χ2v) is 6.70. The molecular weight excluding hydrogens is 320 g/mol. The number of aryl methyl sites for hydroxylation is 1. The second-order valence-electron chi connectivity index (χ2n) is 6.70. The lowest BCUT2D eigenvalue weighted by Gasteiger charge is -2.05. The summed E-state index contributed by atoms with van der Waals surface area (Å²) in [6.45, 7) is 2.24. The standard InChI is InChI=1S/C23H26N2O/c1-2-3-4-5-6-7-18-16-24-23(25-17-18)21-10-8-19(9-11-21)20-12-14-22(26)15-13-20/h8-17,26H,2-7H2,1H3. The zero-order valence-corrected chi connectivity index (χ0v) is 15.4. The molecule has 0 atom stereocenters. The van der Waals surface area contributed by atoms with E-state index in [-0.39, 0.29) is 5.75 Å². The van der Waals surface area contributed by atoms with Crippen LogP contribution in [0.4, 0.5) is 0 Å². The number of nitrogens with zero attached hydrogens (tertiary/aromatic N) is 2. The van der Waals surface area contributed by atoms with E-state index in [1.807, 2.05) is 36.7 Å². The van der Waals surface area contributed by atoms with Gasteiger partial charge in [0.15, 0.2) is 5.82 Å². The summed E-state index contributed by atoms with van der Waals surface area (Å²) in [5, 5.41) is 9.39. The first kappa shape index (κ1) is 18.1. The van der Waals surface area contributed by atoms with Crippen molar-refractivity contribution in [1.82, 2.24) is 9.97 Å². The van der Waals surface area contributed by atoms with Gasteiger partial charge in [0.2, 0.25) is 0 Å². The molecule has 0 unspecified atom stereocenters. The number of aromatic nitrogens is 2. The molecule has 0 amide bonds. The van der Waals surface area contributed by atoms with Crippen molar-refractivity contribution in [3.63, 3.8) is 0 Å². The minimum Gasteiger partial charge on any atom is -0.508 e. The Hall–Kier alpha value is -2.68. The maximum Gasteiger partial charge on any atom is 0.159 e. The number of phenols is 1. The van der Waals surface area contributed by atoms with E-state index in [0.717, 1.165) is 28.9 Å². The van der Waals surface area contributed by atoms with Crippen LogP contribution in [-0.4, -0.2) is 15.1 Å². The number of phenolic OH excluding ortho intramolecular Hbond substituents is 1. The first-order valence-electron chi connectivity index (χ1n) is 9.47. The van der Waals surface area contributed by atoms with Gasteiger partial charge >= 0.3 is 0 Å². The monoisotopic (exact) mass is 346 g/mol. The lowest BCUT2D eigenvalue weighted by molar-refractivity contribution is 0.475. The molecule has 0 aliphatic carbocycles. The van der Waals surface area contributed by atoms with Gasteiger partial charge in [-0.25, -0.2) is 9.97 Å². The van der Waals surface area contributed by atoms with E-state index in [0.29, 0.717) is 0 Å². The maximum atomic E-state index is 9.39. The molecule has 1 N–H and O–H groups in total. The fourth-order valence-electron chi connectivity index (χ4n) is 3.03. The summed E-state index contributed by atoms with van der Waals surface area (Å²) >= 11 is 0. The minimum absolute atomic E-state index is 0.282. The van der Waals surface area contributed by atoms with Crippen LogP contribution in [0.25, 0.3) is 22.5 Å². The molecule has 134 valence electrons. The molecule has 0 bridgehead atoms. The van der Waals surface area contributed by atoms with Crippen molar-refractivity contribution >= 4 is 0 Å². The first-order chi connectivity index (χ1) is 12.8. The number of aromatic hydroxyl groups is 1. The highest BCUT2D eigenvalue weighted by Crippen LogP contribution is 2.24. The van der Waals surface area contributed by atoms with Crippen LogP contribution in [0.1, 0.15) is 44.6 Å². The molecule has 1 aromatic heterocycles. The van der Waals surface area contributed by atoms with Gasteiger partial charge in [-0.2, -0.15) is 0 Å². The van der Waals surface area contributed by atoms with Crippen molar-refractivity contribution < 1.29 is 5.11 Å². The quantitative estimate of drug-likeness (QED) is 0.507. The summed E-state index contributed by atoms with van der Waals surface area (Å²) in [4.78, 5) is 9.07. The van der Waals surface area contributed by atoms with Crippen LogP contribution in [0.2, 0.25) is 0 Å². The predicted molar refractivity (Wildman–Crippen MR) is 107 cm³/mol. The highest BCUT2D eigenvalue weighted by Gasteiger charge is 2.04. The molecule has 0 aliphatic heterocycles. The Morgan fingerprint density at radius 3 is 1.85 bits per heavy atom. The van der Waals surface area contributed by atoms with E-state index in [1.165, 1.54) is 37.7 Å². The van der Waals surface area contributed by atoms with Gasteiger partial charge < -0.3 is 5.11 Å². The normalized spacial score (nSPS) is 10.8. The summed E-state index contributed by atoms with van der Waals surface area (Å²) in [5.74, 6) is 1.04. The molecule has 3 aromatic rings. The molecule has 2 aromatic carbocycles. The number of rotatable bonds is 8. The average molecular weight is 346 g/mol. The topological polar surface area (TPSA) is 46.0 Å². The van der Waals surface area contributed by atoms with Crippen molar-refractivity contribution in [2.75, 3.05) is 0 Å². The van der Waals surface area contributed by atoms with E-state index in [2.05, 4.69) is 29.0 Å². The van der Waals surface area contributed by atoms with Gasteiger partial charge in [0.25, 0.3) is 0 Å². The van der Waals surface area contributed by atoms with Crippen molar-refractivity contribution in [1.29, 1.82) is 0 Å². The van der Waals surface area contributed by atoms with Gasteiger partial charge in [-0.15, -0.1) is 0 Å². The van der Waals surface area contributed by atoms with E-state index < -0.39 is 0 Å². The zero-order chi connectivity index (χ0) is 18.2. The summed E-state index contributed by atoms with van der Waals surface area (Å²) in [6.07, 6.45) is 11.4. The molecule has 1 heterocycles. The Morgan fingerprint density at radius 1 is 0.692 bits per heavy atom. The van der Waals surface area contributed by atoms with Gasteiger partial charge in [-0.1, -0.05) is 69.0 Å². The molecule has 0 radical (unpaired) electrons. The molecule has 0 aliphatic rings. The summed E-state index contributed by atoms with van der Waals surface area (Å²) in [6, 6.07) is 15.4. The van der Waals surface area contributed by atoms with Gasteiger partial charge in [-0.05, 0) is 41.7 Å². The molecule has 3 rings (SSSR count). The highest BCUT2D eigenvalue weighted by atomic mass is 16.3. The Balaban J connectivity index is 1.61. The highest BCUT2D eigenvalue weighted by molar-refractivity contribution is 5.68. The van der Waals surface area contributed by atoms with Gasteiger partial charge in [0, 0.05) is 18.0 Å². The van der Waals surface area contributed by atoms with Crippen LogP contribution in [0.5, 0.6) is 5.75 Å². The van der Waals surface area contributed by atoms with E-state index in [4.69, 9.17) is 0 Å². The van der Waals surface area contributed by atoms with E-state index >= 15 is 0 Å². The van der Waals surface area contributed by atoms with E-state index in [1.54, 1.807) is 12.1 Å². The third-order valence-electron chi connectivity index (χ3n) is 4.62. The Morgan fingerprint density at radius 2 is 1.23 bits per heavy atom. The molecule has 3 heteroatoms. The van der Waals surface area contributed by atoms with Gasteiger partial charge in [-0.3, -0.25) is 0 Å². The summed E-state index contributed by atoms with van der Waals surface area (Å²) < 4.78 is 0. The summed E-state index contributed by atoms with van der Waals surface area (Å²) in [7, 11) is 0. The van der Waals surface area contributed by atoms with Crippen molar-refractivity contribution in [3.05, 3.63) is 66.5 Å². The lowest BCUT2D eigenvalue weighted by Crippen LogP contribution is -1.93. The van der Waals surface area contributed by atoms with Crippen LogP contribution in [0.15, 0.2) is 60.9 Å². The fourth-order valence-corrected chi connectivity index (χ4v) is 3.03. The number of hydrogen-bond donors (Lipinski definition) is 1. The van der Waals surface area contributed by atoms with Crippen LogP contribution in [0.3, 0.4) is 0 Å². The summed E-state index contributed by atoms with van der Waals surface area (Å²) in [5.41, 5.74) is 4.42. The zero-order valence-electron chi connectivity index (χ0n) is 15.4. The lowest BCUT2D eigenvalue weighted by atomic mass is 10.0. The third-order valence-corrected chi connectivity index (χ3v) is 4.62. The predicted octanol–water partition coefficient (Wildman–Crippen LogP) is 6.03. The van der Waals surface area contributed by atoms with Crippen LogP contribution >= 0.6 is 0 Å². The first-order valence-corrected chi connectivity index (χ1v) is 9.47. The number of unbranched alkanes of at least 4 members (excludes halogenated alkanes) is 4. The van der Waals surface area contributed by atoms with Crippen molar-refractivity contribution in [3.8, 4) is 28.3 Å². The van der Waals surface area contributed by atoms with Crippen LogP contribution < -0.4 is 0 Å². The van der Waals surface area contributed by atoms with Crippen LogP contribution in [0, 0.1) is 0 Å². The van der Waals surface area contributed by atoms with Crippen LogP contribution in [-0.2, 0) is 6.42 Å². The molecule has 0 saturated carbocycles. The number of benzene rings is 2. The van der Waals surface area contributed by atoms with E-state index in [9.17, 15) is 5.11 Å². The maximum absolute atomic E-state index is 9.39. The molecule has 0 fully saturated rings. The van der Waals surface area contributed by atoms with Crippen molar-refractivity contribution in [2.24, 2.45) is 0 Å². The Kier molecular flexibility index (Phi) is 6.37. The largest absolute Gasteiger partial charge is 0.508 e. The molecule has 0 saturated heterocycles. The van der Waals surface area contributed by atoms with Crippen molar-refractivity contribution in [2.45, 2.75) is 45.4 Å². The Bertz CT molecular complexity index is 793. The third kappa shape index (κ3) is 4.92. The molecular formula is C23H26N2O. The smallest absolute Gasteiger partial charge is 0.159 e. The number of hydrogen-bond acceptors (Lipinski definition) is 3. The average Bonchev–Trinajstić information content (AvgIpc) is 2.69. The molecule has 26 heavy (non-hydrogen) atoms. The SMILES string of the molecule is CCCCCCCc1cnc(-c2ccc(-c3ccc(O)cc3)cc2)nc1. The fraction of sp³-hybridized carbons (Fsp3) is 0.304. The van der Waals surface area contributed by atoms with Gasteiger partial charge in [0.05, 0.1) is 0 Å². The Labute approximate surface area is 155 Å². The van der Waals surface area contributed by atoms with Gasteiger partial charge in [0.1, 0.15) is 5.75 Å².